The summed E-state index contributed by atoms with van der Waals surface area (Å²) in [6.07, 6.45) is 0. The summed E-state index contributed by atoms with van der Waals surface area (Å²) >= 11 is 0. The molecule has 0 bridgehead atoms. The SMILES string of the molecule is CCN(C(=O)NC(C)C(C)C)C1COCC1C(=O)O. The van der Waals surface area contributed by atoms with Gasteiger partial charge in [-0.25, -0.2) is 4.79 Å². The minimum atomic E-state index is -0.911. The van der Waals surface area contributed by atoms with Crippen LogP contribution in [0.2, 0.25) is 0 Å². The first-order chi connectivity index (χ1) is 8.88. The van der Waals surface area contributed by atoms with Crippen LogP contribution >= 0.6 is 0 Å². The first kappa shape index (κ1) is 15.8. The van der Waals surface area contributed by atoms with Crippen molar-refractivity contribution >= 4 is 12.0 Å². The number of hydrogen-bond donors (Lipinski definition) is 2. The van der Waals surface area contributed by atoms with E-state index in [2.05, 4.69) is 5.32 Å². The average molecular weight is 272 g/mol. The molecule has 2 N–H and O–H groups in total. The Hall–Kier alpha value is -1.30. The van der Waals surface area contributed by atoms with Gasteiger partial charge >= 0.3 is 12.0 Å². The molecule has 0 aliphatic carbocycles. The van der Waals surface area contributed by atoms with Crippen molar-refractivity contribution in [2.45, 2.75) is 39.8 Å². The lowest BCUT2D eigenvalue weighted by Crippen LogP contribution is -2.52. The second kappa shape index (κ2) is 6.75. The number of carbonyl (C=O) groups excluding carboxylic acids is 1. The number of likely N-dealkylation sites (N-methyl/N-ethyl adjacent to an activating group) is 1. The molecule has 1 aliphatic rings. The molecule has 6 heteroatoms. The van der Waals surface area contributed by atoms with Crippen LogP contribution in [0, 0.1) is 11.8 Å². The number of carboxylic acids is 1. The number of ether oxygens (including phenoxy) is 1. The Bertz CT molecular complexity index is 333. The van der Waals surface area contributed by atoms with Gasteiger partial charge in [0.05, 0.1) is 19.3 Å². The third-order valence-corrected chi connectivity index (χ3v) is 3.72. The monoisotopic (exact) mass is 272 g/mol. The summed E-state index contributed by atoms with van der Waals surface area (Å²) in [5.41, 5.74) is 0. The van der Waals surface area contributed by atoms with E-state index >= 15 is 0 Å². The van der Waals surface area contributed by atoms with Crippen molar-refractivity contribution in [2.24, 2.45) is 11.8 Å². The maximum atomic E-state index is 12.2. The molecule has 6 nitrogen and oxygen atoms in total. The van der Waals surface area contributed by atoms with Gasteiger partial charge in [0.15, 0.2) is 0 Å². The lowest BCUT2D eigenvalue weighted by atomic mass is 10.0. The first-order valence-electron chi connectivity index (χ1n) is 6.76. The van der Waals surface area contributed by atoms with Crippen molar-refractivity contribution in [3.05, 3.63) is 0 Å². The van der Waals surface area contributed by atoms with Crippen molar-refractivity contribution < 1.29 is 19.4 Å². The molecule has 0 spiro atoms. The molecule has 2 amide bonds. The van der Waals surface area contributed by atoms with Crippen LogP contribution in [0.5, 0.6) is 0 Å². The number of nitrogens with one attached hydrogen (secondary N) is 1. The fourth-order valence-corrected chi connectivity index (χ4v) is 2.06. The lowest BCUT2D eigenvalue weighted by molar-refractivity contribution is -0.142. The molecule has 1 heterocycles. The van der Waals surface area contributed by atoms with Crippen LogP contribution in [-0.4, -0.2) is 53.8 Å². The maximum absolute atomic E-state index is 12.2. The number of carboxylic acid groups (broad SMARTS) is 1. The van der Waals surface area contributed by atoms with Crippen LogP contribution in [0.3, 0.4) is 0 Å². The number of hydrogen-bond acceptors (Lipinski definition) is 3. The van der Waals surface area contributed by atoms with E-state index in [1.165, 1.54) is 0 Å². The van der Waals surface area contributed by atoms with Gasteiger partial charge in [-0.05, 0) is 19.8 Å². The van der Waals surface area contributed by atoms with Gasteiger partial charge in [-0.2, -0.15) is 0 Å². The summed E-state index contributed by atoms with van der Waals surface area (Å²) in [6, 6.07) is -0.556. The van der Waals surface area contributed by atoms with E-state index in [4.69, 9.17) is 9.84 Å². The van der Waals surface area contributed by atoms with Gasteiger partial charge in [0, 0.05) is 12.6 Å². The van der Waals surface area contributed by atoms with Crippen LogP contribution in [0.15, 0.2) is 0 Å². The van der Waals surface area contributed by atoms with Crippen molar-refractivity contribution in [3.8, 4) is 0 Å². The van der Waals surface area contributed by atoms with Gasteiger partial charge in [0.1, 0.15) is 5.92 Å². The Balaban J connectivity index is 2.71. The van der Waals surface area contributed by atoms with E-state index < -0.39 is 11.9 Å². The zero-order chi connectivity index (χ0) is 14.6. The van der Waals surface area contributed by atoms with Gasteiger partial charge in [-0.3, -0.25) is 4.79 Å². The predicted molar refractivity (Wildman–Crippen MR) is 70.9 cm³/mol. The highest BCUT2D eigenvalue weighted by atomic mass is 16.5. The maximum Gasteiger partial charge on any atom is 0.317 e. The van der Waals surface area contributed by atoms with Crippen LogP contribution < -0.4 is 5.32 Å². The van der Waals surface area contributed by atoms with E-state index in [0.717, 1.165) is 0 Å². The number of nitrogens with zero attached hydrogens (tertiary/aromatic N) is 1. The van der Waals surface area contributed by atoms with Crippen molar-refractivity contribution in [3.63, 3.8) is 0 Å². The zero-order valence-corrected chi connectivity index (χ0v) is 12.0. The number of rotatable bonds is 5. The molecule has 1 aliphatic heterocycles. The van der Waals surface area contributed by atoms with Crippen LogP contribution in [0.25, 0.3) is 0 Å². The molecule has 1 fully saturated rings. The van der Waals surface area contributed by atoms with Crippen LogP contribution in [0.4, 0.5) is 4.79 Å². The highest BCUT2D eigenvalue weighted by Gasteiger charge is 2.39. The average Bonchev–Trinajstić information content (AvgIpc) is 2.78. The number of amides is 2. The Morgan fingerprint density at radius 3 is 2.47 bits per heavy atom. The molecule has 1 saturated heterocycles. The van der Waals surface area contributed by atoms with Gasteiger partial charge in [0.2, 0.25) is 0 Å². The Morgan fingerprint density at radius 2 is 2.00 bits per heavy atom. The number of urea groups is 1. The minimum absolute atomic E-state index is 0.0483. The first-order valence-corrected chi connectivity index (χ1v) is 6.76. The zero-order valence-electron chi connectivity index (χ0n) is 12.0. The Labute approximate surface area is 114 Å². The molecule has 0 saturated carbocycles. The lowest BCUT2D eigenvalue weighted by Gasteiger charge is -2.31. The van der Waals surface area contributed by atoms with E-state index in [1.54, 1.807) is 4.90 Å². The molecule has 110 valence electrons. The normalized spacial score (nSPS) is 24.3. The highest BCUT2D eigenvalue weighted by molar-refractivity contribution is 5.77. The second-order valence-electron chi connectivity index (χ2n) is 5.32. The molecule has 19 heavy (non-hydrogen) atoms. The second-order valence-corrected chi connectivity index (χ2v) is 5.32. The van der Waals surface area contributed by atoms with Crippen molar-refractivity contribution in [1.82, 2.24) is 10.2 Å². The molecule has 0 radical (unpaired) electrons. The predicted octanol–water partition coefficient (Wildman–Crippen LogP) is 1.16. The summed E-state index contributed by atoms with van der Waals surface area (Å²) in [5, 5.41) is 12.0. The Morgan fingerprint density at radius 1 is 1.37 bits per heavy atom. The van der Waals surface area contributed by atoms with E-state index in [9.17, 15) is 9.59 Å². The molecule has 1 rings (SSSR count). The van der Waals surface area contributed by atoms with Crippen LogP contribution in [0.1, 0.15) is 27.7 Å². The highest BCUT2D eigenvalue weighted by Crippen LogP contribution is 2.20. The summed E-state index contributed by atoms with van der Waals surface area (Å²) in [6.45, 7) is 8.76. The minimum Gasteiger partial charge on any atom is -0.481 e. The van der Waals surface area contributed by atoms with Gasteiger partial charge in [-0.15, -0.1) is 0 Å². The quantitative estimate of drug-likeness (QED) is 0.787. The van der Waals surface area contributed by atoms with E-state index in [0.29, 0.717) is 12.5 Å². The van der Waals surface area contributed by atoms with Gasteiger partial charge in [0.25, 0.3) is 0 Å². The molecule has 0 aromatic heterocycles. The molecule has 0 aromatic carbocycles. The largest absolute Gasteiger partial charge is 0.481 e. The fraction of sp³-hybridized carbons (Fsp3) is 0.846. The fourth-order valence-electron chi connectivity index (χ4n) is 2.06. The third kappa shape index (κ3) is 3.83. The topological polar surface area (TPSA) is 78.9 Å². The molecule has 3 atom stereocenters. The van der Waals surface area contributed by atoms with Gasteiger partial charge < -0.3 is 20.1 Å². The number of aliphatic carboxylic acids is 1. The Kier molecular flexibility index (Phi) is 5.60. The molecular formula is C13H24N2O4. The molecule has 0 aromatic rings. The third-order valence-electron chi connectivity index (χ3n) is 3.72. The number of carbonyl (C=O) groups is 2. The molecule has 3 unspecified atom stereocenters. The summed E-state index contributed by atoms with van der Waals surface area (Å²) in [4.78, 5) is 24.9. The van der Waals surface area contributed by atoms with E-state index in [1.807, 2.05) is 27.7 Å². The molecular weight excluding hydrogens is 248 g/mol. The van der Waals surface area contributed by atoms with Crippen molar-refractivity contribution in [1.29, 1.82) is 0 Å². The summed E-state index contributed by atoms with van der Waals surface area (Å²) in [7, 11) is 0. The standard InChI is InChI=1S/C13H24N2O4/c1-5-15(13(18)14-9(4)8(2)3)11-7-19-6-10(11)12(16)17/h8-11H,5-7H2,1-4H3,(H,14,18)(H,16,17). The summed E-state index contributed by atoms with van der Waals surface area (Å²) in [5.74, 6) is -1.22. The smallest absolute Gasteiger partial charge is 0.317 e. The van der Waals surface area contributed by atoms with Gasteiger partial charge in [-0.1, -0.05) is 13.8 Å². The summed E-state index contributed by atoms with van der Waals surface area (Å²) < 4.78 is 5.21. The van der Waals surface area contributed by atoms with Crippen LogP contribution in [-0.2, 0) is 9.53 Å². The van der Waals surface area contributed by atoms with E-state index in [-0.39, 0.29) is 31.3 Å². The van der Waals surface area contributed by atoms with Crippen molar-refractivity contribution in [2.75, 3.05) is 19.8 Å².